The molecule has 2 atom stereocenters. The van der Waals surface area contributed by atoms with Gasteiger partial charge in [0.2, 0.25) is 0 Å². The average molecular weight is 482 g/mol. The molecule has 2 rings (SSSR count). The summed E-state index contributed by atoms with van der Waals surface area (Å²) in [6, 6.07) is 1.98. The maximum absolute atomic E-state index is 12.4. The molecular formula is C16H21BrINO3. The summed E-state index contributed by atoms with van der Waals surface area (Å²) in [5.41, 5.74) is 1.17. The minimum absolute atomic E-state index is 0.0387. The first-order valence-electron chi connectivity index (χ1n) is 7.42. The summed E-state index contributed by atoms with van der Waals surface area (Å²) in [7, 11) is 0. The molecule has 1 aromatic rings. The first-order valence-corrected chi connectivity index (χ1v) is 9.41. The maximum Gasteiger partial charge on any atom is 0.324 e. The van der Waals surface area contributed by atoms with Crippen molar-refractivity contribution in [3.63, 3.8) is 0 Å². The van der Waals surface area contributed by atoms with Crippen molar-refractivity contribution in [3.8, 4) is 0 Å². The lowest BCUT2D eigenvalue weighted by Crippen LogP contribution is -2.27. The van der Waals surface area contributed by atoms with Gasteiger partial charge >= 0.3 is 5.97 Å². The number of halogens is 2. The lowest BCUT2D eigenvalue weighted by atomic mass is 10.00. The third-order valence-corrected chi connectivity index (χ3v) is 4.74. The highest BCUT2D eigenvalue weighted by Crippen LogP contribution is 2.36. The molecule has 4 nitrogen and oxygen atoms in total. The molecule has 0 aromatic carbocycles. The number of rotatable bonds is 3. The maximum atomic E-state index is 12.4. The van der Waals surface area contributed by atoms with Crippen LogP contribution in [0.4, 0.5) is 0 Å². The first-order chi connectivity index (χ1) is 10.3. The average Bonchev–Trinajstić information content (AvgIpc) is 2.45. The number of alkyl halides is 1. The van der Waals surface area contributed by atoms with Gasteiger partial charge in [-0.25, -0.2) is 0 Å². The standard InChI is InChI=1S/C16H21BrINO3/c1-16(2,3)22-15(20)13(17)11-8-10(18)9-19-14(11)12-6-4-5-7-21-12/h8-9,12-13H,4-7H2,1-3H3. The van der Waals surface area contributed by atoms with Crippen molar-refractivity contribution in [1.29, 1.82) is 0 Å². The van der Waals surface area contributed by atoms with Crippen LogP contribution in [0.25, 0.3) is 0 Å². The minimum Gasteiger partial charge on any atom is -0.459 e. The summed E-state index contributed by atoms with van der Waals surface area (Å²) in [6.07, 6.45) is 4.92. The second-order valence-electron chi connectivity index (χ2n) is 6.38. The van der Waals surface area contributed by atoms with Crippen LogP contribution in [0.1, 0.15) is 62.2 Å². The van der Waals surface area contributed by atoms with Gasteiger partial charge in [0.25, 0.3) is 0 Å². The van der Waals surface area contributed by atoms with Gasteiger partial charge in [-0.2, -0.15) is 0 Å². The van der Waals surface area contributed by atoms with Crippen LogP contribution in [-0.4, -0.2) is 23.2 Å². The van der Waals surface area contributed by atoms with E-state index in [0.717, 1.165) is 40.7 Å². The Balaban J connectivity index is 2.28. The molecule has 1 aliphatic rings. The Morgan fingerprint density at radius 2 is 2.23 bits per heavy atom. The molecule has 1 saturated heterocycles. The number of aromatic nitrogens is 1. The van der Waals surface area contributed by atoms with Crippen molar-refractivity contribution < 1.29 is 14.3 Å². The largest absolute Gasteiger partial charge is 0.459 e. The van der Waals surface area contributed by atoms with Gasteiger partial charge in [0, 0.05) is 21.9 Å². The first kappa shape index (κ1) is 18.1. The number of esters is 1. The summed E-state index contributed by atoms with van der Waals surface area (Å²) in [5.74, 6) is -0.298. The summed E-state index contributed by atoms with van der Waals surface area (Å²) in [6.45, 7) is 6.34. The van der Waals surface area contributed by atoms with Crippen molar-refractivity contribution in [2.24, 2.45) is 0 Å². The normalized spacial score (nSPS) is 20.5. The number of pyridine rings is 1. The quantitative estimate of drug-likeness (QED) is 0.356. The van der Waals surface area contributed by atoms with E-state index in [4.69, 9.17) is 9.47 Å². The van der Waals surface area contributed by atoms with Crippen molar-refractivity contribution in [2.75, 3.05) is 6.61 Å². The smallest absolute Gasteiger partial charge is 0.324 e. The van der Waals surface area contributed by atoms with E-state index in [-0.39, 0.29) is 12.1 Å². The SMILES string of the molecule is CC(C)(C)OC(=O)C(Br)c1cc(I)cnc1C1CCCCO1. The summed E-state index contributed by atoms with van der Waals surface area (Å²) < 4.78 is 12.3. The van der Waals surface area contributed by atoms with Crippen LogP contribution in [0, 0.1) is 3.57 Å². The predicted molar refractivity (Wildman–Crippen MR) is 97.0 cm³/mol. The Morgan fingerprint density at radius 1 is 1.50 bits per heavy atom. The molecule has 0 spiro atoms. The van der Waals surface area contributed by atoms with Crippen molar-refractivity contribution in [1.82, 2.24) is 4.98 Å². The summed E-state index contributed by atoms with van der Waals surface area (Å²) in [4.78, 5) is 16.4. The second kappa shape index (κ2) is 7.57. The van der Waals surface area contributed by atoms with E-state index in [1.54, 1.807) is 0 Å². The Kier molecular flexibility index (Phi) is 6.24. The van der Waals surface area contributed by atoms with E-state index in [9.17, 15) is 4.79 Å². The number of carbonyl (C=O) groups excluding carboxylic acids is 1. The van der Waals surface area contributed by atoms with E-state index in [1.807, 2.05) is 33.0 Å². The molecular weight excluding hydrogens is 461 g/mol. The molecule has 122 valence electrons. The van der Waals surface area contributed by atoms with Crippen LogP contribution in [0.3, 0.4) is 0 Å². The Bertz CT molecular complexity index is 539. The van der Waals surface area contributed by atoms with Gasteiger partial charge in [-0.1, -0.05) is 15.9 Å². The molecule has 2 heterocycles. The Labute approximate surface area is 153 Å². The molecule has 22 heavy (non-hydrogen) atoms. The van der Waals surface area contributed by atoms with Gasteiger partial charge in [0.1, 0.15) is 10.4 Å². The van der Waals surface area contributed by atoms with Crippen LogP contribution < -0.4 is 0 Å². The molecule has 6 heteroatoms. The highest BCUT2D eigenvalue weighted by Gasteiger charge is 2.30. The van der Waals surface area contributed by atoms with Crippen molar-refractivity contribution in [3.05, 3.63) is 27.1 Å². The molecule has 2 unspecified atom stereocenters. The molecule has 0 amide bonds. The van der Waals surface area contributed by atoms with Crippen LogP contribution in [-0.2, 0) is 14.3 Å². The highest BCUT2D eigenvalue weighted by atomic mass is 127. The number of hydrogen-bond donors (Lipinski definition) is 0. The fraction of sp³-hybridized carbons (Fsp3) is 0.625. The summed E-state index contributed by atoms with van der Waals surface area (Å²) >= 11 is 5.68. The van der Waals surface area contributed by atoms with Crippen LogP contribution in [0.2, 0.25) is 0 Å². The molecule has 1 aliphatic heterocycles. The van der Waals surface area contributed by atoms with E-state index in [0.29, 0.717) is 0 Å². The van der Waals surface area contributed by atoms with Gasteiger partial charge in [0.15, 0.2) is 0 Å². The second-order valence-corrected chi connectivity index (χ2v) is 8.54. The van der Waals surface area contributed by atoms with E-state index in [1.165, 1.54) is 0 Å². The fourth-order valence-corrected chi connectivity index (χ4v) is 3.31. The predicted octanol–water partition coefficient (Wildman–Crippen LogP) is 4.71. The minimum atomic E-state index is -0.533. The van der Waals surface area contributed by atoms with Crippen LogP contribution >= 0.6 is 38.5 Å². The lowest BCUT2D eigenvalue weighted by molar-refractivity contribution is -0.154. The number of nitrogens with zero attached hydrogens (tertiary/aromatic N) is 1. The zero-order valence-corrected chi connectivity index (χ0v) is 16.8. The molecule has 1 fully saturated rings. The zero-order chi connectivity index (χ0) is 16.3. The third kappa shape index (κ3) is 4.89. The van der Waals surface area contributed by atoms with Gasteiger partial charge < -0.3 is 9.47 Å². The molecule has 0 aliphatic carbocycles. The van der Waals surface area contributed by atoms with Gasteiger partial charge in [-0.15, -0.1) is 0 Å². The topological polar surface area (TPSA) is 48.4 Å². The number of ether oxygens (including phenoxy) is 2. The van der Waals surface area contributed by atoms with E-state index in [2.05, 4.69) is 43.5 Å². The molecule has 0 N–H and O–H groups in total. The van der Waals surface area contributed by atoms with Crippen LogP contribution in [0.5, 0.6) is 0 Å². The van der Waals surface area contributed by atoms with Gasteiger partial charge in [0.05, 0.1) is 11.8 Å². The summed E-state index contributed by atoms with van der Waals surface area (Å²) in [5, 5.41) is 0. The zero-order valence-electron chi connectivity index (χ0n) is 13.1. The lowest BCUT2D eigenvalue weighted by Gasteiger charge is -2.26. The number of hydrogen-bond acceptors (Lipinski definition) is 4. The Morgan fingerprint density at radius 3 is 2.82 bits per heavy atom. The fourth-order valence-electron chi connectivity index (χ4n) is 2.37. The monoisotopic (exact) mass is 481 g/mol. The number of carbonyl (C=O) groups is 1. The molecule has 0 saturated carbocycles. The molecule has 1 aromatic heterocycles. The van der Waals surface area contributed by atoms with Gasteiger partial charge in [-0.05, 0) is 68.7 Å². The van der Waals surface area contributed by atoms with Crippen molar-refractivity contribution >= 4 is 44.5 Å². The highest BCUT2D eigenvalue weighted by molar-refractivity contribution is 14.1. The van der Waals surface area contributed by atoms with Crippen molar-refractivity contribution in [2.45, 2.75) is 56.6 Å². The van der Waals surface area contributed by atoms with E-state index >= 15 is 0 Å². The Hall–Kier alpha value is -0.210. The van der Waals surface area contributed by atoms with E-state index < -0.39 is 10.4 Å². The third-order valence-electron chi connectivity index (χ3n) is 3.29. The van der Waals surface area contributed by atoms with Crippen LogP contribution in [0.15, 0.2) is 12.3 Å². The molecule has 0 bridgehead atoms. The van der Waals surface area contributed by atoms with Gasteiger partial charge in [-0.3, -0.25) is 9.78 Å². The molecule has 0 radical (unpaired) electrons.